The lowest BCUT2D eigenvalue weighted by Gasteiger charge is -2.09. The van der Waals surface area contributed by atoms with Gasteiger partial charge in [-0.1, -0.05) is 12.1 Å². The summed E-state index contributed by atoms with van der Waals surface area (Å²) in [6.07, 6.45) is 0. The largest absolute Gasteiger partial charge is 0.507 e. The van der Waals surface area contributed by atoms with Crippen LogP contribution in [-0.2, 0) is 0 Å². The molecule has 106 valence electrons. The third kappa shape index (κ3) is 2.18. The molecule has 0 aliphatic heterocycles. The first-order chi connectivity index (χ1) is 10.1. The van der Waals surface area contributed by atoms with E-state index in [4.69, 9.17) is 9.15 Å². The van der Waals surface area contributed by atoms with Crippen LogP contribution < -0.4 is 10.2 Å². The fourth-order valence-corrected chi connectivity index (χ4v) is 2.16. The van der Waals surface area contributed by atoms with E-state index in [0.29, 0.717) is 11.0 Å². The Morgan fingerprint density at radius 1 is 1.05 bits per heavy atom. The topological polar surface area (TPSA) is 79.9 Å². The summed E-state index contributed by atoms with van der Waals surface area (Å²) >= 11 is 0. The van der Waals surface area contributed by atoms with E-state index in [9.17, 15) is 15.0 Å². The van der Waals surface area contributed by atoms with Crippen LogP contribution in [0.1, 0.15) is 0 Å². The number of benzene rings is 2. The number of fused-ring (bicyclic) bond motifs is 1. The third-order valence-corrected chi connectivity index (χ3v) is 3.20. The maximum Gasteiger partial charge on any atom is 0.193 e. The van der Waals surface area contributed by atoms with Crippen molar-refractivity contribution in [1.29, 1.82) is 0 Å². The van der Waals surface area contributed by atoms with Gasteiger partial charge in [0.25, 0.3) is 0 Å². The van der Waals surface area contributed by atoms with E-state index in [1.54, 1.807) is 24.3 Å². The molecule has 0 spiro atoms. The van der Waals surface area contributed by atoms with Gasteiger partial charge in [-0.2, -0.15) is 0 Å². The molecule has 0 saturated heterocycles. The molecule has 0 amide bonds. The maximum absolute atomic E-state index is 12.1. The van der Waals surface area contributed by atoms with Gasteiger partial charge in [0.2, 0.25) is 0 Å². The van der Waals surface area contributed by atoms with E-state index in [-0.39, 0.29) is 34.0 Å². The summed E-state index contributed by atoms with van der Waals surface area (Å²) in [5.74, 6) is 0.0118. The highest BCUT2D eigenvalue weighted by molar-refractivity contribution is 5.80. The van der Waals surface area contributed by atoms with Crippen molar-refractivity contribution in [2.75, 3.05) is 7.11 Å². The van der Waals surface area contributed by atoms with Gasteiger partial charge >= 0.3 is 0 Å². The van der Waals surface area contributed by atoms with Crippen molar-refractivity contribution in [2.45, 2.75) is 0 Å². The summed E-state index contributed by atoms with van der Waals surface area (Å²) in [4.78, 5) is 12.1. The SMILES string of the molecule is COc1cc(O)c(-c2cc(=O)c3ccccc3o2)cc1O. The Kier molecular flexibility index (Phi) is 3.02. The summed E-state index contributed by atoms with van der Waals surface area (Å²) in [6.45, 7) is 0. The van der Waals surface area contributed by atoms with Gasteiger partial charge in [-0.25, -0.2) is 0 Å². The van der Waals surface area contributed by atoms with Crippen molar-refractivity contribution >= 4 is 11.0 Å². The van der Waals surface area contributed by atoms with E-state index in [1.807, 2.05) is 0 Å². The summed E-state index contributed by atoms with van der Waals surface area (Å²) in [6, 6.07) is 10.7. The molecule has 2 aromatic carbocycles. The molecule has 0 atom stereocenters. The zero-order chi connectivity index (χ0) is 15.0. The fourth-order valence-electron chi connectivity index (χ4n) is 2.16. The van der Waals surface area contributed by atoms with Crippen molar-refractivity contribution in [2.24, 2.45) is 0 Å². The second-order valence-electron chi connectivity index (χ2n) is 4.51. The van der Waals surface area contributed by atoms with Crippen molar-refractivity contribution in [3.05, 3.63) is 52.7 Å². The Labute approximate surface area is 119 Å². The van der Waals surface area contributed by atoms with Crippen molar-refractivity contribution < 1.29 is 19.4 Å². The zero-order valence-electron chi connectivity index (χ0n) is 11.2. The Bertz CT molecular complexity index is 879. The molecule has 0 fully saturated rings. The van der Waals surface area contributed by atoms with Crippen LogP contribution in [0.25, 0.3) is 22.3 Å². The number of para-hydroxylation sites is 1. The Morgan fingerprint density at radius 2 is 1.81 bits per heavy atom. The average molecular weight is 284 g/mol. The van der Waals surface area contributed by atoms with Crippen LogP contribution >= 0.6 is 0 Å². The predicted octanol–water partition coefficient (Wildman–Crippen LogP) is 2.88. The lowest BCUT2D eigenvalue weighted by atomic mass is 10.1. The molecule has 5 heteroatoms. The van der Waals surface area contributed by atoms with Crippen molar-refractivity contribution in [3.63, 3.8) is 0 Å². The minimum atomic E-state index is -0.221. The minimum absolute atomic E-state index is 0.138. The number of methoxy groups -OCH3 is 1. The fraction of sp³-hybridized carbons (Fsp3) is 0.0625. The van der Waals surface area contributed by atoms with Gasteiger partial charge in [0.1, 0.15) is 17.1 Å². The van der Waals surface area contributed by atoms with Crippen LogP contribution in [0, 0.1) is 0 Å². The first-order valence-electron chi connectivity index (χ1n) is 6.23. The van der Waals surface area contributed by atoms with Gasteiger partial charge in [0.15, 0.2) is 16.9 Å². The molecule has 0 bridgehead atoms. The Hall–Kier alpha value is -2.95. The Morgan fingerprint density at radius 3 is 2.57 bits per heavy atom. The van der Waals surface area contributed by atoms with Gasteiger partial charge < -0.3 is 19.4 Å². The highest BCUT2D eigenvalue weighted by Gasteiger charge is 2.14. The molecule has 0 saturated carbocycles. The van der Waals surface area contributed by atoms with Crippen LogP contribution in [0.5, 0.6) is 17.2 Å². The molecule has 1 aromatic heterocycles. The molecule has 21 heavy (non-hydrogen) atoms. The summed E-state index contributed by atoms with van der Waals surface area (Å²) in [7, 11) is 1.38. The predicted molar refractivity (Wildman–Crippen MR) is 77.8 cm³/mol. The molecule has 0 unspecified atom stereocenters. The molecule has 5 nitrogen and oxygen atoms in total. The monoisotopic (exact) mass is 284 g/mol. The van der Waals surface area contributed by atoms with Gasteiger partial charge in [0.05, 0.1) is 18.1 Å². The second-order valence-corrected chi connectivity index (χ2v) is 4.51. The lowest BCUT2D eigenvalue weighted by Crippen LogP contribution is -2.00. The number of aromatic hydroxyl groups is 2. The van der Waals surface area contributed by atoms with Gasteiger partial charge in [-0.15, -0.1) is 0 Å². The first-order valence-corrected chi connectivity index (χ1v) is 6.23. The lowest BCUT2D eigenvalue weighted by molar-refractivity contribution is 0.368. The van der Waals surface area contributed by atoms with Crippen LogP contribution in [-0.4, -0.2) is 17.3 Å². The molecule has 1 heterocycles. The summed E-state index contributed by atoms with van der Waals surface area (Å²) in [5, 5.41) is 20.3. The molecule has 3 rings (SSSR count). The van der Waals surface area contributed by atoms with Gasteiger partial charge in [-0.05, 0) is 18.2 Å². The van der Waals surface area contributed by atoms with E-state index in [1.165, 1.54) is 25.3 Å². The second kappa shape index (κ2) is 4.86. The van der Waals surface area contributed by atoms with Gasteiger partial charge in [-0.3, -0.25) is 4.79 Å². The molecular formula is C16H12O5. The number of rotatable bonds is 2. The molecule has 0 aliphatic rings. The standard InChI is InChI=1S/C16H12O5/c1-20-16-8-12(18)10(6-13(16)19)15-7-11(17)9-4-2-3-5-14(9)21-15/h2-8,18-19H,1H3. The van der Waals surface area contributed by atoms with E-state index >= 15 is 0 Å². The van der Waals surface area contributed by atoms with Gasteiger partial charge in [0, 0.05) is 12.1 Å². The number of phenolic OH excluding ortho intramolecular Hbond substituents is 2. The minimum Gasteiger partial charge on any atom is -0.507 e. The first kappa shape index (κ1) is 13.1. The Balaban J connectivity index is 2.26. The maximum atomic E-state index is 12.1. The number of phenols is 2. The number of hydrogen-bond acceptors (Lipinski definition) is 5. The summed E-state index contributed by atoms with van der Waals surface area (Å²) < 4.78 is 10.5. The van der Waals surface area contributed by atoms with E-state index in [2.05, 4.69) is 0 Å². The quantitative estimate of drug-likeness (QED) is 0.707. The van der Waals surface area contributed by atoms with Crippen molar-refractivity contribution in [1.82, 2.24) is 0 Å². The molecular weight excluding hydrogens is 272 g/mol. The summed E-state index contributed by atoms with van der Waals surface area (Å²) in [5.41, 5.74) is 0.410. The molecule has 0 aliphatic carbocycles. The van der Waals surface area contributed by atoms with Crippen LogP contribution in [0.3, 0.4) is 0 Å². The molecule has 3 aromatic rings. The average Bonchev–Trinajstić information content (AvgIpc) is 2.49. The van der Waals surface area contributed by atoms with E-state index in [0.717, 1.165) is 0 Å². The van der Waals surface area contributed by atoms with Crippen molar-refractivity contribution in [3.8, 4) is 28.6 Å². The van der Waals surface area contributed by atoms with Crippen LogP contribution in [0.15, 0.2) is 51.7 Å². The zero-order valence-corrected chi connectivity index (χ0v) is 11.2. The number of ether oxygens (including phenoxy) is 1. The van der Waals surface area contributed by atoms with Crippen LogP contribution in [0.2, 0.25) is 0 Å². The van der Waals surface area contributed by atoms with Crippen LogP contribution in [0.4, 0.5) is 0 Å². The highest BCUT2D eigenvalue weighted by atomic mass is 16.5. The molecule has 0 radical (unpaired) electrons. The molecule has 2 N–H and O–H groups in total. The highest BCUT2D eigenvalue weighted by Crippen LogP contribution is 2.38. The normalized spacial score (nSPS) is 10.7. The van der Waals surface area contributed by atoms with E-state index < -0.39 is 0 Å². The third-order valence-electron chi connectivity index (χ3n) is 3.20. The number of hydrogen-bond donors (Lipinski definition) is 2. The smallest absolute Gasteiger partial charge is 0.193 e.